The second-order valence-electron chi connectivity index (χ2n) is 6.61. The molecule has 8 heteroatoms. The summed E-state index contributed by atoms with van der Waals surface area (Å²) in [5.74, 6) is -1.53. The molecule has 8 nitrogen and oxygen atoms in total. The van der Waals surface area contributed by atoms with Crippen molar-refractivity contribution in [2.75, 3.05) is 18.5 Å². The summed E-state index contributed by atoms with van der Waals surface area (Å²) in [7, 11) is 0. The standard InChI is InChI=1S/C22H19N3O5/c23-12-11-19(26)24-16-9-7-15(8-10-16)22(29)30-14-4-3-13-25-20(27)17-5-1-2-6-18(17)21(25)28/h1-2,5-10H,3-4,11,13-14H2,(H,24,26). The molecule has 152 valence electrons. The van der Waals surface area contributed by atoms with Gasteiger partial charge in [-0.05, 0) is 49.2 Å². The summed E-state index contributed by atoms with van der Waals surface area (Å²) in [4.78, 5) is 49.2. The Balaban J connectivity index is 1.40. The highest BCUT2D eigenvalue weighted by atomic mass is 16.5. The van der Waals surface area contributed by atoms with Gasteiger partial charge in [0.2, 0.25) is 5.91 Å². The molecular formula is C22H19N3O5. The molecule has 3 rings (SSSR count). The monoisotopic (exact) mass is 405 g/mol. The number of imide groups is 1. The van der Waals surface area contributed by atoms with E-state index in [1.807, 2.05) is 0 Å². The summed E-state index contributed by atoms with van der Waals surface area (Å²) >= 11 is 0. The number of nitrogens with one attached hydrogen (secondary N) is 1. The average molecular weight is 405 g/mol. The van der Waals surface area contributed by atoms with Crippen LogP contribution in [0.1, 0.15) is 50.3 Å². The Morgan fingerprint density at radius 3 is 2.20 bits per heavy atom. The molecule has 1 N–H and O–H groups in total. The minimum absolute atomic E-state index is 0.155. The minimum Gasteiger partial charge on any atom is -0.462 e. The average Bonchev–Trinajstić information content (AvgIpc) is 2.99. The van der Waals surface area contributed by atoms with Crippen molar-refractivity contribution in [1.82, 2.24) is 4.90 Å². The fraction of sp³-hybridized carbons (Fsp3) is 0.227. The summed E-state index contributed by atoms with van der Waals surface area (Å²) in [6.07, 6.45) is 0.772. The molecule has 2 aromatic carbocycles. The first-order valence-corrected chi connectivity index (χ1v) is 9.40. The lowest BCUT2D eigenvalue weighted by Crippen LogP contribution is -2.30. The van der Waals surface area contributed by atoms with Crippen LogP contribution in [0.25, 0.3) is 0 Å². The molecule has 0 spiro atoms. The van der Waals surface area contributed by atoms with Gasteiger partial charge in [0.25, 0.3) is 11.8 Å². The van der Waals surface area contributed by atoms with Gasteiger partial charge in [0.05, 0.1) is 29.4 Å². The Morgan fingerprint density at radius 2 is 1.60 bits per heavy atom. The third kappa shape index (κ3) is 4.70. The topological polar surface area (TPSA) is 117 Å². The Hall–Kier alpha value is -3.99. The summed E-state index contributed by atoms with van der Waals surface area (Å²) in [5, 5.41) is 11.0. The summed E-state index contributed by atoms with van der Waals surface area (Å²) < 4.78 is 5.21. The highest BCUT2D eigenvalue weighted by Crippen LogP contribution is 2.22. The number of carbonyl (C=O) groups excluding carboxylic acids is 4. The van der Waals surface area contributed by atoms with Gasteiger partial charge in [0.1, 0.15) is 6.42 Å². The molecule has 30 heavy (non-hydrogen) atoms. The van der Waals surface area contributed by atoms with Gasteiger partial charge in [0, 0.05) is 12.2 Å². The molecule has 0 radical (unpaired) electrons. The SMILES string of the molecule is N#CCC(=O)Nc1ccc(C(=O)OCCCCN2C(=O)c3ccccc3C2=O)cc1. The van der Waals surface area contributed by atoms with E-state index in [2.05, 4.69) is 5.32 Å². The molecule has 0 aromatic heterocycles. The van der Waals surface area contributed by atoms with Gasteiger partial charge >= 0.3 is 5.97 Å². The van der Waals surface area contributed by atoms with Crippen molar-refractivity contribution in [3.63, 3.8) is 0 Å². The van der Waals surface area contributed by atoms with Gasteiger partial charge in [-0.15, -0.1) is 0 Å². The number of hydrogen-bond donors (Lipinski definition) is 1. The van der Waals surface area contributed by atoms with E-state index in [4.69, 9.17) is 10.00 Å². The van der Waals surface area contributed by atoms with Crippen LogP contribution < -0.4 is 5.32 Å². The first kappa shape index (κ1) is 20.7. The van der Waals surface area contributed by atoms with Crippen molar-refractivity contribution in [3.05, 3.63) is 65.2 Å². The molecule has 0 fully saturated rings. The number of nitriles is 1. The molecule has 0 unspecified atom stereocenters. The number of benzene rings is 2. The van der Waals surface area contributed by atoms with E-state index in [0.717, 1.165) is 0 Å². The predicted octanol–water partition coefficient (Wildman–Crippen LogP) is 2.77. The maximum absolute atomic E-state index is 12.3. The molecule has 3 amide bonds. The first-order chi connectivity index (χ1) is 14.5. The number of fused-ring (bicyclic) bond motifs is 1. The molecule has 0 saturated heterocycles. The number of nitrogens with zero attached hydrogens (tertiary/aromatic N) is 2. The Morgan fingerprint density at radius 1 is 0.967 bits per heavy atom. The van der Waals surface area contributed by atoms with E-state index >= 15 is 0 Å². The van der Waals surface area contributed by atoms with E-state index < -0.39 is 11.9 Å². The van der Waals surface area contributed by atoms with Gasteiger partial charge in [-0.3, -0.25) is 19.3 Å². The molecular weight excluding hydrogens is 386 g/mol. The van der Waals surface area contributed by atoms with Crippen LogP contribution in [0.4, 0.5) is 5.69 Å². The second kappa shape index (κ2) is 9.47. The van der Waals surface area contributed by atoms with Crippen LogP contribution in [0.15, 0.2) is 48.5 Å². The molecule has 0 aliphatic carbocycles. The van der Waals surface area contributed by atoms with E-state index in [0.29, 0.717) is 35.2 Å². The number of anilines is 1. The van der Waals surface area contributed by atoms with Crippen molar-refractivity contribution in [2.24, 2.45) is 0 Å². The quantitative estimate of drug-likeness (QED) is 0.410. The molecule has 2 aromatic rings. The fourth-order valence-electron chi connectivity index (χ4n) is 3.03. The van der Waals surface area contributed by atoms with E-state index in [1.165, 1.54) is 17.0 Å². The predicted molar refractivity (Wildman–Crippen MR) is 107 cm³/mol. The zero-order valence-corrected chi connectivity index (χ0v) is 16.1. The van der Waals surface area contributed by atoms with Crippen LogP contribution in [0.3, 0.4) is 0 Å². The highest BCUT2D eigenvalue weighted by Gasteiger charge is 2.34. The number of carbonyl (C=O) groups is 4. The Kier molecular flexibility index (Phi) is 6.55. The molecule has 1 aliphatic rings. The van der Waals surface area contributed by atoms with Crippen LogP contribution >= 0.6 is 0 Å². The number of hydrogen-bond acceptors (Lipinski definition) is 6. The maximum Gasteiger partial charge on any atom is 0.338 e. The molecule has 1 heterocycles. The summed E-state index contributed by atoms with van der Waals surface area (Å²) in [6.45, 7) is 0.420. The van der Waals surface area contributed by atoms with E-state index in [1.54, 1.807) is 42.5 Å². The van der Waals surface area contributed by atoms with Gasteiger partial charge in [-0.25, -0.2) is 4.79 Å². The number of rotatable bonds is 8. The van der Waals surface area contributed by atoms with Crippen LogP contribution in [0.5, 0.6) is 0 Å². The third-order valence-electron chi connectivity index (χ3n) is 4.53. The lowest BCUT2D eigenvalue weighted by Gasteiger charge is -2.13. The summed E-state index contributed by atoms with van der Waals surface area (Å²) in [5.41, 5.74) is 1.64. The highest BCUT2D eigenvalue weighted by molar-refractivity contribution is 6.21. The zero-order chi connectivity index (χ0) is 21.5. The van der Waals surface area contributed by atoms with E-state index in [9.17, 15) is 19.2 Å². The maximum atomic E-state index is 12.3. The Bertz CT molecular complexity index is 989. The Labute approximate surface area is 173 Å². The minimum atomic E-state index is -0.509. The van der Waals surface area contributed by atoms with Gasteiger partial charge in [0.15, 0.2) is 0 Å². The number of amides is 3. The lowest BCUT2D eigenvalue weighted by molar-refractivity contribution is -0.115. The molecule has 1 aliphatic heterocycles. The van der Waals surface area contributed by atoms with Crippen molar-refractivity contribution in [2.45, 2.75) is 19.3 Å². The fourth-order valence-corrected chi connectivity index (χ4v) is 3.03. The smallest absolute Gasteiger partial charge is 0.338 e. The van der Waals surface area contributed by atoms with Crippen LogP contribution in [0.2, 0.25) is 0 Å². The first-order valence-electron chi connectivity index (χ1n) is 9.40. The molecule has 0 bridgehead atoms. The van der Waals surface area contributed by atoms with Gasteiger partial charge < -0.3 is 10.1 Å². The second-order valence-corrected chi connectivity index (χ2v) is 6.61. The summed E-state index contributed by atoms with van der Waals surface area (Å²) in [6, 6.07) is 14.6. The lowest BCUT2D eigenvalue weighted by atomic mass is 10.1. The van der Waals surface area contributed by atoms with Crippen LogP contribution in [0, 0.1) is 11.3 Å². The largest absolute Gasteiger partial charge is 0.462 e. The van der Waals surface area contributed by atoms with Crippen LogP contribution in [-0.2, 0) is 9.53 Å². The van der Waals surface area contributed by atoms with Gasteiger partial charge in [-0.1, -0.05) is 12.1 Å². The van der Waals surface area contributed by atoms with Crippen molar-refractivity contribution < 1.29 is 23.9 Å². The van der Waals surface area contributed by atoms with E-state index in [-0.39, 0.29) is 31.4 Å². The third-order valence-corrected chi connectivity index (χ3v) is 4.53. The van der Waals surface area contributed by atoms with Crippen molar-refractivity contribution in [3.8, 4) is 6.07 Å². The zero-order valence-electron chi connectivity index (χ0n) is 16.1. The molecule has 0 saturated carbocycles. The van der Waals surface area contributed by atoms with Crippen molar-refractivity contribution >= 4 is 29.4 Å². The van der Waals surface area contributed by atoms with Crippen LogP contribution in [-0.4, -0.2) is 41.7 Å². The molecule has 0 atom stereocenters. The van der Waals surface area contributed by atoms with Gasteiger partial charge in [-0.2, -0.15) is 5.26 Å². The number of esters is 1. The normalized spacial score (nSPS) is 12.3. The number of ether oxygens (including phenoxy) is 1. The van der Waals surface area contributed by atoms with Crippen molar-refractivity contribution in [1.29, 1.82) is 5.26 Å². The number of unbranched alkanes of at least 4 members (excludes halogenated alkanes) is 1.